The van der Waals surface area contributed by atoms with Gasteiger partial charge in [-0.05, 0) is 50.2 Å². The van der Waals surface area contributed by atoms with Crippen LogP contribution in [0.15, 0.2) is 24.3 Å². The minimum atomic E-state index is 0.134. The van der Waals surface area contributed by atoms with Crippen molar-refractivity contribution >= 4 is 5.69 Å². The lowest BCUT2D eigenvalue weighted by Crippen LogP contribution is -2.56. The second-order valence-electron chi connectivity index (χ2n) is 6.60. The van der Waals surface area contributed by atoms with Crippen LogP contribution in [0.3, 0.4) is 0 Å². The van der Waals surface area contributed by atoms with E-state index < -0.39 is 0 Å². The van der Waals surface area contributed by atoms with E-state index in [1.54, 1.807) is 0 Å². The summed E-state index contributed by atoms with van der Waals surface area (Å²) < 4.78 is 5.92. The van der Waals surface area contributed by atoms with Crippen molar-refractivity contribution in [2.24, 2.45) is 11.7 Å². The van der Waals surface area contributed by atoms with Crippen molar-refractivity contribution in [2.75, 3.05) is 24.6 Å². The molecule has 0 spiro atoms. The molecular formula is C18H28N2O. The summed E-state index contributed by atoms with van der Waals surface area (Å²) in [7, 11) is 0. The zero-order chi connectivity index (χ0) is 14.7. The largest absolute Gasteiger partial charge is 0.491 e. The summed E-state index contributed by atoms with van der Waals surface area (Å²) in [4.78, 5) is 2.57. The Kier molecular flexibility index (Phi) is 4.39. The molecule has 3 rings (SSSR count). The second-order valence-corrected chi connectivity index (χ2v) is 6.60. The summed E-state index contributed by atoms with van der Waals surface area (Å²) in [5.74, 6) is 1.92. The van der Waals surface area contributed by atoms with Gasteiger partial charge in [-0.1, -0.05) is 25.5 Å². The van der Waals surface area contributed by atoms with E-state index in [2.05, 4.69) is 36.1 Å². The first-order valence-corrected chi connectivity index (χ1v) is 8.48. The van der Waals surface area contributed by atoms with Gasteiger partial charge < -0.3 is 15.4 Å². The summed E-state index contributed by atoms with van der Waals surface area (Å²) in [5, 5.41) is 0. The average molecular weight is 288 g/mol. The third-order valence-corrected chi connectivity index (χ3v) is 5.51. The fourth-order valence-corrected chi connectivity index (χ4v) is 4.03. The molecular weight excluding hydrogens is 260 g/mol. The Bertz CT molecular complexity index is 466. The Labute approximate surface area is 128 Å². The van der Waals surface area contributed by atoms with Gasteiger partial charge in [0.05, 0.1) is 17.8 Å². The van der Waals surface area contributed by atoms with Gasteiger partial charge in [0.1, 0.15) is 5.75 Å². The van der Waals surface area contributed by atoms with Crippen LogP contribution < -0.4 is 15.4 Å². The maximum atomic E-state index is 6.28. The fraction of sp³-hybridized carbons (Fsp3) is 0.667. The van der Waals surface area contributed by atoms with E-state index in [0.717, 1.165) is 37.8 Å². The summed E-state index contributed by atoms with van der Waals surface area (Å²) >= 11 is 0. The molecule has 1 aliphatic heterocycles. The third kappa shape index (κ3) is 2.76. The van der Waals surface area contributed by atoms with Gasteiger partial charge >= 0.3 is 0 Å². The lowest BCUT2D eigenvalue weighted by molar-refractivity contribution is 0.221. The molecule has 2 N–H and O–H groups in total. The van der Waals surface area contributed by atoms with Gasteiger partial charge in [0.15, 0.2) is 0 Å². The molecule has 1 saturated carbocycles. The van der Waals surface area contributed by atoms with Gasteiger partial charge in [-0.25, -0.2) is 0 Å². The summed E-state index contributed by atoms with van der Waals surface area (Å²) in [6, 6.07) is 8.47. The number of hydrogen-bond acceptors (Lipinski definition) is 3. The van der Waals surface area contributed by atoms with E-state index in [-0.39, 0.29) is 5.54 Å². The van der Waals surface area contributed by atoms with Crippen molar-refractivity contribution in [3.63, 3.8) is 0 Å². The van der Waals surface area contributed by atoms with Gasteiger partial charge in [0, 0.05) is 13.1 Å². The van der Waals surface area contributed by atoms with Gasteiger partial charge in [-0.15, -0.1) is 0 Å². The topological polar surface area (TPSA) is 38.5 Å². The van der Waals surface area contributed by atoms with Gasteiger partial charge in [-0.3, -0.25) is 0 Å². The molecule has 0 radical (unpaired) electrons. The van der Waals surface area contributed by atoms with Crippen LogP contribution >= 0.6 is 0 Å². The van der Waals surface area contributed by atoms with Crippen LogP contribution in [0.1, 0.15) is 45.4 Å². The molecule has 1 aromatic rings. The molecule has 21 heavy (non-hydrogen) atoms. The van der Waals surface area contributed by atoms with Crippen LogP contribution in [0.5, 0.6) is 5.75 Å². The predicted octanol–water partition coefficient (Wildman–Crippen LogP) is 3.57. The Hall–Kier alpha value is -1.22. The van der Waals surface area contributed by atoms with E-state index >= 15 is 0 Å². The maximum absolute atomic E-state index is 6.28. The van der Waals surface area contributed by atoms with E-state index in [9.17, 15) is 0 Å². The number of ether oxygens (including phenoxy) is 1. The van der Waals surface area contributed by atoms with Crippen LogP contribution in [0.25, 0.3) is 0 Å². The molecule has 3 heteroatoms. The number of rotatable bonds is 3. The maximum Gasteiger partial charge on any atom is 0.142 e. The molecule has 0 aromatic heterocycles. The molecule has 0 amide bonds. The van der Waals surface area contributed by atoms with Crippen molar-refractivity contribution in [3.8, 4) is 5.75 Å². The highest BCUT2D eigenvalue weighted by molar-refractivity contribution is 5.61. The SMILES string of the molecule is CCC1CCC(CN)(N2CCCOc3ccccc32)CC1. The highest BCUT2D eigenvalue weighted by Crippen LogP contribution is 2.43. The molecule has 1 heterocycles. The normalized spacial score (nSPS) is 29.4. The van der Waals surface area contributed by atoms with Gasteiger partial charge in [0.25, 0.3) is 0 Å². The Balaban J connectivity index is 1.90. The van der Waals surface area contributed by atoms with Crippen molar-refractivity contribution in [3.05, 3.63) is 24.3 Å². The third-order valence-electron chi connectivity index (χ3n) is 5.51. The highest BCUT2D eigenvalue weighted by Gasteiger charge is 2.40. The molecule has 1 aromatic carbocycles. The van der Waals surface area contributed by atoms with Crippen molar-refractivity contribution in [1.82, 2.24) is 0 Å². The molecule has 0 saturated heterocycles. The molecule has 116 valence electrons. The number of nitrogens with zero attached hydrogens (tertiary/aromatic N) is 1. The van der Waals surface area contributed by atoms with Crippen molar-refractivity contribution < 1.29 is 4.74 Å². The lowest BCUT2D eigenvalue weighted by Gasteiger charge is -2.48. The minimum Gasteiger partial charge on any atom is -0.491 e. The van der Waals surface area contributed by atoms with Crippen molar-refractivity contribution in [2.45, 2.75) is 51.0 Å². The predicted molar refractivity (Wildman–Crippen MR) is 87.9 cm³/mol. The monoisotopic (exact) mass is 288 g/mol. The van der Waals surface area contributed by atoms with E-state index in [1.807, 2.05) is 0 Å². The van der Waals surface area contributed by atoms with Crippen LogP contribution in [0, 0.1) is 5.92 Å². The number of para-hydroxylation sites is 2. The molecule has 0 bridgehead atoms. The smallest absolute Gasteiger partial charge is 0.142 e. The quantitative estimate of drug-likeness (QED) is 0.924. The van der Waals surface area contributed by atoms with Crippen molar-refractivity contribution in [1.29, 1.82) is 0 Å². The Morgan fingerprint density at radius 3 is 2.76 bits per heavy atom. The number of benzene rings is 1. The molecule has 2 aliphatic rings. The van der Waals surface area contributed by atoms with Crippen LogP contribution in [0.4, 0.5) is 5.69 Å². The first-order valence-electron chi connectivity index (χ1n) is 8.48. The summed E-state index contributed by atoms with van der Waals surface area (Å²) in [5.41, 5.74) is 7.66. The number of fused-ring (bicyclic) bond motifs is 1. The van der Waals surface area contributed by atoms with E-state index in [1.165, 1.54) is 37.8 Å². The first kappa shape index (κ1) is 14.7. The molecule has 0 atom stereocenters. The van der Waals surface area contributed by atoms with Crippen LogP contribution in [0.2, 0.25) is 0 Å². The van der Waals surface area contributed by atoms with Gasteiger partial charge in [-0.2, -0.15) is 0 Å². The zero-order valence-corrected chi connectivity index (χ0v) is 13.2. The van der Waals surface area contributed by atoms with E-state index in [0.29, 0.717) is 0 Å². The molecule has 3 nitrogen and oxygen atoms in total. The van der Waals surface area contributed by atoms with E-state index in [4.69, 9.17) is 10.5 Å². The average Bonchev–Trinajstić information content (AvgIpc) is 2.78. The number of hydrogen-bond donors (Lipinski definition) is 1. The number of anilines is 1. The van der Waals surface area contributed by atoms with Crippen LogP contribution in [-0.4, -0.2) is 25.2 Å². The standard InChI is InChI=1S/C18H28N2O/c1-2-15-8-10-18(14-19,11-9-15)20-12-5-13-21-17-7-4-3-6-16(17)20/h3-4,6-7,15H,2,5,8-14,19H2,1H3. The number of nitrogens with two attached hydrogens (primary N) is 1. The molecule has 1 fully saturated rings. The fourth-order valence-electron chi connectivity index (χ4n) is 4.03. The zero-order valence-electron chi connectivity index (χ0n) is 13.2. The van der Waals surface area contributed by atoms with Crippen LogP contribution in [-0.2, 0) is 0 Å². The summed E-state index contributed by atoms with van der Waals surface area (Å²) in [6.45, 7) is 4.93. The first-order chi connectivity index (χ1) is 10.3. The summed E-state index contributed by atoms with van der Waals surface area (Å²) in [6.07, 6.45) is 7.45. The molecule has 0 unspecified atom stereocenters. The second kappa shape index (κ2) is 6.27. The highest BCUT2D eigenvalue weighted by atomic mass is 16.5. The van der Waals surface area contributed by atoms with Gasteiger partial charge in [0.2, 0.25) is 0 Å². The molecule has 1 aliphatic carbocycles. The minimum absolute atomic E-state index is 0.134. The Morgan fingerprint density at radius 2 is 2.05 bits per heavy atom. The Morgan fingerprint density at radius 1 is 1.29 bits per heavy atom. The lowest BCUT2D eigenvalue weighted by atomic mass is 9.74.